The number of methoxy groups -OCH3 is 1. The normalized spacial score (nSPS) is 12.0. The van der Waals surface area contributed by atoms with Gasteiger partial charge in [0.15, 0.2) is 11.5 Å². The van der Waals surface area contributed by atoms with Crippen molar-refractivity contribution in [1.82, 2.24) is 16.1 Å². The van der Waals surface area contributed by atoms with Gasteiger partial charge in [0.1, 0.15) is 31.0 Å². The Morgan fingerprint density at radius 1 is 1.02 bits per heavy atom. The van der Waals surface area contributed by atoms with E-state index in [4.69, 9.17) is 20.6 Å². The number of aliphatic hydroxyl groups is 1. The highest BCUT2D eigenvalue weighted by molar-refractivity contribution is 9.10. The zero-order chi connectivity index (χ0) is 31.9. The van der Waals surface area contributed by atoms with Gasteiger partial charge in [-0.15, -0.1) is 6.42 Å². The molecule has 0 radical (unpaired) electrons. The lowest BCUT2D eigenvalue weighted by molar-refractivity contribution is -0.130. The maximum atomic E-state index is 13.2. The fraction of sp³-hybridized carbons (Fsp3) is 0.226. The maximum absolute atomic E-state index is 13.2. The van der Waals surface area contributed by atoms with Crippen molar-refractivity contribution in [3.05, 3.63) is 87.9 Å². The van der Waals surface area contributed by atoms with Gasteiger partial charge in [0.2, 0.25) is 5.91 Å². The molecule has 44 heavy (non-hydrogen) atoms. The number of nitrogens with zero attached hydrogens (tertiary/aromatic N) is 1. The van der Waals surface area contributed by atoms with Gasteiger partial charge in [0, 0.05) is 16.5 Å². The predicted molar refractivity (Wildman–Crippen MR) is 165 cm³/mol. The first-order valence-corrected chi connectivity index (χ1v) is 14.0. The lowest BCUT2D eigenvalue weighted by atomic mass is 10.0. The second kappa shape index (κ2) is 17.2. The number of phenols is 1. The Hall–Kier alpha value is -5.06. The average Bonchev–Trinajstić information content (AvgIpc) is 3.02. The third kappa shape index (κ3) is 10.3. The number of hydrogen-bond donors (Lipinski definition) is 5. The Morgan fingerprint density at radius 3 is 2.41 bits per heavy atom. The summed E-state index contributed by atoms with van der Waals surface area (Å²) >= 11 is 3.38. The van der Waals surface area contributed by atoms with Crippen LogP contribution in [0.3, 0.4) is 0 Å². The number of phenolic OH excluding ortho intramolecular Hbond substituents is 1. The van der Waals surface area contributed by atoms with Crippen molar-refractivity contribution < 1.29 is 38.8 Å². The van der Waals surface area contributed by atoms with E-state index in [1.165, 1.54) is 25.5 Å². The molecule has 2 atom stereocenters. The average molecular weight is 668 g/mol. The molecule has 0 bridgehead atoms. The molecule has 0 aromatic heterocycles. The standard InChI is InChI=1S/C31H31BrN4O8/c1-3-13-43-28-22(15-23(32)16-27(28)42-2)17-33-36-30(40)25(14-20-9-11-24(38)12-10-20)34-29(39)26(18-37)35-31(41)44-19-21-7-5-4-6-8-21/h1,4-12,15-17,25-26,37-38H,13-14,18-19H2,2H3,(H,34,39)(H,35,41)(H,36,40)/b33-17-/t25-,26-/m0/s1. The number of aliphatic hydroxyl groups excluding tert-OH is 1. The summed E-state index contributed by atoms with van der Waals surface area (Å²) in [5, 5.41) is 28.3. The zero-order valence-electron chi connectivity index (χ0n) is 23.7. The Balaban J connectivity index is 1.73. The van der Waals surface area contributed by atoms with E-state index in [1.807, 2.05) is 6.07 Å². The predicted octanol–water partition coefficient (Wildman–Crippen LogP) is 2.64. The summed E-state index contributed by atoms with van der Waals surface area (Å²) in [6, 6.07) is 15.7. The quantitative estimate of drug-likeness (QED) is 0.0994. The molecule has 3 amide bonds. The van der Waals surface area contributed by atoms with E-state index in [1.54, 1.807) is 48.5 Å². The third-order valence-electron chi connectivity index (χ3n) is 5.96. The van der Waals surface area contributed by atoms with Gasteiger partial charge >= 0.3 is 6.09 Å². The van der Waals surface area contributed by atoms with Gasteiger partial charge in [-0.3, -0.25) is 9.59 Å². The highest BCUT2D eigenvalue weighted by Crippen LogP contribution is 2.34. The van der Waals surface area contributed by atoms with Crippen LogP contribution in [-0.2, 0) is 27.4 Å². The molecule has 0 unspecified atom stereocenters. The van der Waals surface area contributed by atoms with E-state index in [-0.39, 0.29) is 25.4 Å². The summed E-state index contributed by atoms with van der Waals surface area (Å²) in [6.45, 7) is -0.843. The molecule has 0 saturated carbocycles. The first kappa shape index (κ1) is 33.4. The molecule has 5 N–H and O–H groups in total. The summed E-state index contributed by atoms with van der Waals surface area (Å²) < 4.78 is 16.7. The van der Waals surface area contributed by atoms with Crippen LogP contribution in [0.4, 0.5) is 4.79 Å². The number of aromatic hydroxyl groups is 1. The van der Waals surface area contributed by atoms with E-state index in [0.717, 1.165) is 5.56 Å². The Bertz CT molecular complexity index is 1490. The van der Waals surface area contributed by atoms with Crippen LogP contribution in [0.5, 0.6) is 17.2 Å². The van der Waals surface area contributed by atoms with E-state index in [9.17, 15) is 24.6 Å². The number of ether oxygens (including phenoxy) is 3. The van der Waals surface area contributed by atoms with Crippen LogP contribution in [0.2, 0.25) is 0 Å². The summed E-state index contributed by atoms with van der Waals surface area (Å²) in [5.41, 5.74) is 4.15. The van der Waals surface area contributed by atoms with Crippen LogP contribution in [0, 0.1) is 12.3 Å². The number of amides is 3. The second-order valence-corrected chi connectivity index (χ2v) is 10.0. The number of carbonyl (C=O) groups excluding carboxylic acids is 3. The number of rotatable bonds is 14. The zero-order valence-corrected chi connectivity index (χ0v) is 25.2. The van der Waals surface area contributed by atoms with Crippen molar-refractivity contribution in [3.8, 4) is 29.6 Å². The lowest BCUT2D eigenvalue weighted by Gasteiger charge is -2.21. The van der Waals surface area contributed by atoms with Crippen LogP contribution in [-0.4, -0.2) is 66.7 Å². The van der Waals surface area contributed by atoms with Gasteiger partial charge in [0.25, 0.3) is 5.91 Å². The molecular formula is C31H31BrN4O8. The Morgan fingerprint density at radius 2 is 1.75 bits per heavy atom. The number of carbonyl (C=O) groups is 3. The molecule has 0 spiro atoms. The Kier molecular flexibility index (Phi) is 13.0. The van der Waals surface area contributed by atoms with E-state index >= 15 is 0 Å². The minimum absolute atomic E-state index is 0.00872. The highest BCUT2D eigenvalue weighted by atomic mass is 79.9. The topological polar surface area (TPSA) is 168 Å². The van der Waals surface area contributed by atoms with Crippen molar-refractivity contribution in [2.24, 2.45) is 5.10 Å². The number of nitrogens with one attached hydrogen (secondary N) is 3. The number of terminal acetylenes is 1. The molecule has 0 saturated heterocycles. The minimum Gasteiger partial charge on any atom is -0.508 e. The summed E-state index contributed by atoms with van der Waals surface area (Å²) in [6.07, 6.45) is 5.70. The molecule has 13 heteroatoms. The van der Waals surface area contributed by atoms with E-state index in [2.05, 4.69) is 43.0 Å². The van der Waals surface area contributed by atoms with E-state index in [0.29, 0.717) is 27.1 Å². The van der Waals surface area contributed by atoms with Crippen LogP contribution < -0.4 is 25.5 Å². The molecule has 3 aromatic rings. The third-order valence-corrected chi connectivity index (χ3v) is 6.42. The molecule has 0 heterocycles. The van der Waals surface area contributed by atoms with Crippen LogP contribution in [0.1, 0.15) is 16.7 Å². The molecule has 0 aliphatic rings. The molecule has 3 aromatic carbocycles. The number of alkyl carbamates (subject to hydrolysis) is 1. The fourth-order valence-electron chi connectivity index (χ4n) is 3.80. The lowest BCUT2D eigenvalue weighted by Crippen LogP contribution is -2.55. The van der Waals surface area contributed by atoms with Gasteiger partial charge in [-0.1, -0.05) is 64.3 Å². The molecule has 12 nitrogen and oxygen atoms in total. The minimum atomic E-state index is -1.41. The first-order chi connectivity index (χ1) is 21.2. The maximum Gasteiger partial charge on any atom is 0.408 e. The largest absolute Gasteiger partial charge is 0.508 e. The molecular weight excluding hydrogens is 636 g/mol. The number of halogens is 1. The summed E-state index contributed by atoms with van der Waals surface area (Å²) in [7, 11) is 1.46. The van der Waals surface area contributed by atoms with E-state index < -0.39 is 36.6 Å². The van der Waals surface area contributed by atoms with Crippen LogP contribution >= 0.6 is 15.9 Å². The van der Waals surface area contributed by atoms with Gasteiger partial charge in [-0.2, -0.15) is 5.10 Å². The number of benzene rings is 3. The van der Waals surface area contributed by atoms with Gasteiger partial charge < -0.3 is 35.1 Å². The number of hydrogen-bond acceptors (Lipinski definition) is 9. The van der Waals surface area contributed by atoms with Crippen molar-refractivity contribution in [1.29, 1.82) is 0 Å². The summed E-state index contributed by atoms with van der Waals surface area (Å²) in [4.78, 5) is 38.6. The Labute approximate surface area is 262 Å². The van der Waals surface area contributed by atoms with Crippen molar-refractivity contribution in [3.63, 3.8) is 0 Å². The molecule has 230 valence electrons. The van der Waals surface area contributed by atoms with Gasteiger partial charge in [0.05, 0.1) is 19.9 Å². The summed E-state index contributed by atoms with van der Waals surface area (Å²) in [5.74, 6) is 1.53. The van der Waals surface area contributed by atoms with Crippen molar-refractivity contribution in [2.45, 2.75) is 25.1 Å². The second-order valence-electron chi connectivity index (χ2n) is 9.13. The smallest absolute Gasteiger partial charge is 0.408 e. The van der Waals surface area contributed by atoms with Crippen LogP contribution in [0.25, 0.3) is 0 Å². The molecule has 0 aliphatic carbocycles. The highest BCUT2D eigenvalue weighted by Gasteiger charge is 2.27. The van der Waals surface area contributed by atoms with Crippen LogP contribution in [0.15, 0.2) is 76.3 Å². The molecule has 3 rings (SSSR count). The number of hydrazone groups is 1. The SMILES string of the molecule is C#CCOc1c(/C=N\NC(=O)[C@H](Cc2ccc(O)cc2)NC(=O)[C@H](CO)NC(=O)OCc2ccccc2)cc(Br)cc1OC. The first-order valence-electron chi connectivity index (χ1n) is 13.2. The monoisotopic (exact) mass is 666 g/mol. The van der Waals surface area contributed by atoms with Crippen molar-refractivity contribution >= 4 is 40.1 Å². The van der Waals surface area contributed by atoms with Gasteiger partial charge in [-0.05, 0) is 35.4 Å². The molecule has 0 aliphatic heterocycles. The van der Waals surface area contributed by atoms with Gasteiger partial charge in [-0.25, -0.2) is 10.2 Å². The van der Waals surface area contributed by atoms with Crippen molar-refractivity contribution in [2.75, 3.05) is 20.3 Å². The fourth-order valence-corrected chi connectivity index (χ4v) is 4.25. The molecule has 0 fully saturated rings.